The average Bonchev–Trinajstić information content (AvgIpc) is 2.70. The highest BCUT2D eigenvalue weighted by Crippen LogP contribution is 2.16. The summed E-state index contributed by atoms with van der Waals surface area (Å²) >= 11 is 0. The van der Waals surface area contributed by atoms with Crippen LogP contribution >= 0.6 is 0 Å². The van der Waals surface area contributed by atoms with Crippen molar-refractivity contribution in [2.24, 2.45) is 5.10 Å². The minimum absolute atomic E-state index is 0.0121. The Labute approximate surface area is 149 Å². The molecule has 0 atom stereocenters. The molecule has 0 unspecified atom stereocenters. The molecule has 0 aliphatic heterocycles. The number of nitrogens with zero attached hydrogens (tertiary/aromatic N) is 3. The molecule has 2 aromatic carbocycles. The molecule has 7 nitrogen and oxygen atoms in total. The lowest BCUT2D eigenvalue weighted by molar-refractivity contribution is -0.384. The molecular weight excluding hydrogens is 332 g/mol. The van der Waals surface area contributed by atoms with Crippen molar-refractivity contribution in [1.82, 2.24) is 10.4 Å². The highest BCUT2D eigenvalue weighted by atomic mass is 16.6. The number of carbonyl (C=O) groups is 1. The third-order valence-corrected chi connectivity index (χ3v) is 3.61. The highest BCUT2D eigenvalue weighted by Gasteiger charge is 2.11. The van der Waals surface area contributed by atoms with E-state index < -0.39 is 4.92 Å². The largest absolute Gasteiger partial charge is 0.271 e. The number of benzene rings is 2. The third-order valence-electron chi connectivity index (χ3n) is 3.61. The summed E-state index contributed by atoms with van der Waals surface area (Å²) in [7, 11) is 0. The number of rotatable bonds is 5. The van der Waals surface area contributed by atoms with Gasteiger partial charge in [-0.05, 0) is 24.3 Å². The zero-order chi connectivity index (χ0) is 18.4. The van der Waals surface area contributed by atoms with Gasteiger partial charge < -0.3 is 0 Å². The van der Waals surface area contributed by atoms with E-state index in [4.69, 9.17) is 0 Å². The molecule has 7 heteroatoms. The van der Waals surface area contributed by atoms with Crippen LogP contribution in [0.2, 0.25) is 0 Å². The van der Waals surface area contributed by atoms with Gasteiger partial charge in [0.05, 0.1) is 10.6 Å². The van der Waals surface area contributed by atoms with Crippen molar-refractivity contribution in [2.45, 2.75) is 0 Å². The molecule has 3 rings (SSSR count). The van der Waals surface area contributed by atoms with Crippen molar-refractivity contribution in [3.05, 3.63) is 106 Å². The van der Waals surface area contributed by atoms with Crippen LogP contribution in [0.4, 0.5) is 5.69 Å². The summed E-state index contributed by atoms with van der Waals surface area (Å²) in [6, 6.07) is 18.4. The Bertz CT molecular complexity index is 940. The van der Waals surface area contributed by atoms with Crippen molar-refractivity contribution >= 4 is 17.3 Å². The average molecular weight is 346 g/mol. The van der Waals surface area contributed by atoms with Crippen LogP contribution in [0.15, 0.2) is 84.2 Å². The molecule has 0 aliphatic rings. The monoisotopic (exact) mass is 346 g/mol. The summed E-state index contributed by atoms with van der Waals surface area (Å²) in [4.78, 5) is 26.5. The fourth-order valence-electron chi connectivity index (χ4n) is 2.31. The maximum Gasteiger partial charge on any atom is 0.271 e. The van der Waals surface area contributed by atoms with Gasteiger partial charge in [-0.25, -0.2) is 5.43 Å². The number of pyridine rings is 1. The summed E-state index contributed by atoms with van der Waals surface area (Å²) < 4.78 is 0. The molecule has 0 spiro atoms. The minimum Gasteiger partial charge on any atom is -0.267 e. The second kappa shape index (κ2) is 7.80. The summed E-state index contributed by atoms with van der Waals surface area (Å²) in [5, 5.41) is 15.1. The first-order valence-electron chi connectivity index (χ1n) is 7.73. The van der Waals surface area contributed by atoms with Crippen LogP contribution in [0.1, 0.15) is 21.5 Å². The van der Waals surface area contributed by atoms with Gasteiger partial charge in [0.25, 0.3) is 11.6 Å². The number of hydrogen-bond donors (Lipinski definition) is 1. The van der Waals surface area contributed by atoms with Gasteiger partial charge in [0, 0.05) is 41.2 Å². The normalized spacial score (nSPS) is 11.0. The van der Waals surface area contributed by atoms with Crippen LogP contribution in [0, 0.1) is 10.1 Å². The van der Waals surface area contributed by atoms with Crippen LogP contribution in [0.25, 0.3) is 0 Å². The molecule has 0 saturated heterocycles. The molecule has 0 aliphatic carbocycles. The van der Waals surface area contributed by atoms with Gasteiger partial charge in [-0.1, -0.05) is 30.3 Å². The van der Waals surface area contributed by atoms with Gasteiger partial charge in [0.1, 0.15) is 0 Å². The molecule has 1 amide bonds. The van der Waals surface area contributed by atoms with Crippen LogP contribution in [0.5, 0.6) is 0 Å². The second-order valence-corrected chi connectivity index (χ2v) is 5.31. The van der Waals surface area contributed by atoms with Gasteiger partial charge >= 0.3 is 0 Å². The SMILES string of the molecule is O=C(N/N=C(\c1ccccc1)c1ccc([N+](=O)[O-])cc1)c1ccncc1. The van der Waals surface area contributed by atoms with Gasteiger partial charge in [-0.15, -0.1) is 0 Å². The van der Waals surface area contributed by atoms with Crippen molar-refractivity contribution in [3.63, 3.8) is 0 Å². The van der Waals surface area contributed by atoms with Gasteiger partial charge in [-0.2, -0.15) is 5.10 Å². The number of amides is 1. The molecular formula is C19H14N4O3. The first-order chi connectivity index (χ1) is 12.6. The Morgan fingerprint density at radius 3 is 2.12 bits per heavy atom. The molecule has 3 aromatic rings. The lowest BCUT2D eigenvalue weighted by Gasteiger charge is -2.08. The summed E-state index contributed by atoms with van der Waals surface area (Å²) in [5.41, 5.74) is 4.87. The number of hydrogen-bond acceptors (Lipinski definition) is 5. The smallest absolute Gasteiger partial charge is 0.267 e. The fraction of sp³-hybridized carbons (Fsp3) is 0. The number of carbonyl (C=O) groups excluding carboxylic acids is 1. The van der Waals surface area contributed by atoms with Gasteiger partial charge in [-0.3, -0.25) is 19.9 Å². The van der Waals surface area contributed by atoms with Crippen molar-refractivity contribution in [2.75, 3.05) is 0 Å². The van der Waals surface area contributed by atoms with Crippen LogP contribution in [-0.2, 0) is 0 Å². The van der Waals surface area contributed by atoms with Crippen LogP contribution < -0.4 is 5.43 Å². The Hall–Kier alpha value is -3.87. The summed E-state index contributed by atoms with van der Waals surface area (Å²) in [5.74, 6) is -0.372. The molecule has 0 fully saturated rings. The van der Waals surface area contributed by atoms with Gasteiger partial charge in [0.15, 0.2) is 0 Å². The van der Waals surface area contributed by atoms with E-state index in [1.807, 2.05) is 30.3 Å². The molecule has 1 N–H and O–H groups in total. The lowest BCUT2D eigenvalue weighted by Crippen LogP contribution is -2.20. The fourth-order valence-corrected chi connectivity index (χ4v) is 2.31. The number of non-ortho nitro benzene ring substituents is 1. The number of aromatic nitrogens is 1. The van der Waals surface area contributed by atoms with E-state index in [0.717, 1.165) is 5.56 Å². The van der Waals surface area contributed by atoms with E-state index in [9.17, 15) is 14.9 Å². The van der Waals surface area contributed by atoms with E-state index in [2.05, 4.69) is 15.5 Å². The third kappa shape index (κ3) is 3.96. The maximum atomic E-state index is 12.2. The molecule has 1 heterocycles. The predicted octanol–water partition coefficient (Wildman–Crippen LogP) is 3.17. The zero-order valence-corrected chi connectivity index (χ0v) is 13.6. The second-order valence-electron chi connectivity index (χ2n) is 5.31. The summed E-state index contributed by atoms with van der Waals surface area (Å²) in [6.07, 6.45) is 3.04. The number of hydrazone groups is 1. The Morgan fingerprint density at radius 2 is 1.50 bits per heavy atom. The van der Waals surface area contributed by atoms with Crippen LogP contribution in [-0.4, -0.2) is 21.5 Å². The molecule has 0 saturated carbocycles. The Kier molecular flexibility index (Phi) is 5.09. The number of nitro benzene ring substituents is 1. The first-order valence-corrected chi connectivity index (χ1v) is 7.73. The minimum atomic E-state index is -0.464. The standard InChI is InChI=1S/C19H14N4O3/c24-19(16-10-12-20-13-11-16)22-21-18(14-4-2-1-3-5-14)15-6-8-17(9-7-15)23(25)26/h1-13H,(H,22,24)/b21-18+. The van der Waals surface area contributed by atoms with E-state index in [1.54, 1.807) is 24.3 Å². The Morgan fingerprint density at radius 1 is 0.885 bits per heavy atom. The highest BCUT2D eigenvalue weighted by molar-refractivity contribution is 6.13. The molecule has 1 aromatic heterocycles. The first kappa shape index (κ1) is 17.0. The number of nitrogens with one attached hydrogen (secondary N) is 1. The van der Waals surface area contributed by atoms with E-state index in [1.165, 1.54) is 24.5 Å². The topological polar surface area (TPSA) is 97.5 Å². The zero-order valence-electron chi connectivity index (χ0n) is 13.6. The van der Waals surface area contributed by atoms with E-state index >= 15 is 0 Å². The Balaban J connectivity index is 1.93. The van der Waals surface area contributed by atoms with Gasteiger partial charge in [0.2, 0.25) is 0 Å². The number of nitro groups is 1. The van der Waals surface area contributed by atoms with E-state index in [0.29, 0.717) is 16.8 Å². The van der Waals surface area contributed by atoms with Crippen molar-refractivity contribution in [1.29, 1.82) is 0 Å². The molecule has 0 radical (unpaired) electrons. The van der Waals surface area contributed by atoms with Crippen molar-refractivity contribution < 1.29 is 9.72 Å². The molecule has 26 heavy (non-hydrogen) atoms. The summed E-state index contributed by atoms with van der Waals surface area (Å²) in [6.45, 7) is 0. The lowest BCUT2D eigenvalue weighted by atomic mass is 10.0. The van der Waals surface area contributed by atoms with Crippen molar-refractivity contribution in [3.8, 4) is 0 Å². The van der Waals surface area contributed by atoms with Crippen LogP contribution in [0.3, 0.4) is 0 Å². The predicted molar refractivity (Wildman–Crippen MR) is 96.9 cm³/mol. The quantitative estimate of drug-likeness (QED) is 0.436. The maximum absolute atomic E-state index is 12.2. The molecule has 128 valence electrons. The molecule has 0 bridgehead atoms. The van der Waals surface area contributed by atoms with E-state index in [-0.39, 0.29) is 11.6 Å².